The first-order valence-electron chi connectivity index (χ1n) is 10.9. The second kappa shape index (κ2) is 9.28. The highest BCUT2D eigenvalue weighted by molar-refractivity contribution is 8.00. The minimum Gasteiger partial charge on any atom is -0.325 e. The number of hydrogen-bond donors (Lipinski definition) is 1. The molecule has 1 fully saturated rings. The zero-order chi connectivity index (χ0) is 22.8. The Bertz CT molecular complexity index is 1270. The molecule has 2 heterocycles. The SMILES string of the molecule is CCc1ccc(NC(=O)CSc2nc(C3CCCC3)nc3c2c(=O)n(C)c(=O)n3C)cc1. The average molecular weight is 454 g/mol. The van der Waals surface area contributed by atoms with Gasteiger partial charge in [-0.25, -0.2) is 14.8 Å². The summed E-state index contributed by atoms with van der Waals surface area (Å²) in [4.78, 5) is 47.3. The van der Waals surface area contributed by atoms with E-state index in [2.05, 4.69) is 17.2 Å². The smallest absolute Gasteiger partial charge is 0.325 e. The minimum absolute atomic E-state index is 0.0950. The van der Waals surface area contributed by atoms with Gasteiger partial charge in [0, 0.05) is 25.7 Å². The number of nitrogens with one attached hydrogen (secondary N) is 1. The lowest BCUT2D eigenvalue weighted by Crippen LogP contribution is -2.38. The quantitative estimate of drug-likeness (QED) is 0.455. The lowest BCUT2D eigenvalue weighted by Gasteiger charge is -2.14. The third-order valence-corrected chi connectivity index (χ3v) is 6.97. The summed E-state index contributed by atoms with van der Waals surface area (Å²) in [5.74, 6) is 0.771. The molecule has 2 aromatic heterocycles. The van der Waals surface area contributed by atoms with Crippen LogP contribution in [0.1, 0.15) is 49.9 Å². The average Bonchev–Trinajstić information content (AvgIpc) is 3.35. The summed E-state index contributed by atoms with van der Waals surface area (Å²) in [7, 11) is 3.05. The number of benzene rings is 1. The molecule has 0 spiro atoms. The van der Waals surface area contributed by atoms with E-state index in [-0.39, 0.29) is 23.0 Å². The van der Waals surface area contributed by atoms with Crippen LogP contribution in [0.25, 0.3) is 11.0 Å². The number of amides is 1. The van der Waals surface area contributed by atoms with Crippen molar-refractivity contribution in [1.29, 1.82) is 0 Å². The summed E-state index contributed by atoms with van der Waals surface area (Å²) in [5.41, 5.74) is 1.38. The molecule has 0 radical (unpaired) electrons. The van der Waals surface area contributed by atoms with Gasteiger partial charge >= 0.3 is 5.69 Å². The van der Waals surface area contributed by atoms with Crippen LogP contribution in [0, 0.1) is 0 Å². The molecule has 1 aliphatic rings. The van der Waals surface area contributed by atoms with E-state index in [1.54, 1.807) is 7.05 Å². The summed E-state index contributed by atoms with van der Waals surface area (Å²) in [5, 5.41) is 3.61. The zero-order valence-electron chi connectivity index (χ0n) is 18.6. The van der Waals surface area contributed by atoms with Gasteiger partial charge in [0.1, 0.15) is 16.2 Å². The van der Waals surface area contributed by atoms with E-state index in [9.17, 15) is 14.4 Å². The maximum Gasteiger partial charge on any atom is 0.332 e. The van der Waals surface area contributed by atoms with Gasteiger partial charge in [0.15, 0.2) is 5.65 Å². The number of nitrogens with zero attached hydrogens (tertiary/aromatic N) is 4. The summed E-state index contributed by atoms with van der Waals surface area (Å²) in [6.45, 7) is 2.08. The molecule has 32 heavy (non-hydrogen) atoms. The zero-order valence-corrected chi connectivity index (χ0v) is 19.4. The highest BCUT2D eigenvalue weighted by Gasteiger charge is 2.24. The van der Waals surface area contributed by atoms with Gasteiger partial charge in [0.05, 0.1) is 5.75 Å². The number of anilines is 1. The van der Waals surface area contributed by atoms with E-state index in [4.69, 9.17) is 4.98 Å². The van der Waals surface area contributed by atoms with Gasteiger partial charge in [-0.3, -0.25) is 18.7 Å². The lowest BCUT2D eigenvalue weighted by atomic mass is 10.1. The normalized spacial score (nSPS) is 14.2. The molecule has 1 saturated carbocycles. The molecule has 0 atom stereocenters. The van der Waals surface area contributed by atoms with Crippen LogP contribution >= 0.6 is 11.8 Å². The third-order valence-electron chi connectivity index (χ3n) is 5.99. The van der Waals surface area contributed by atoms with E-state index in [1.807, 2.05) is 24.3 Å². The first-order chi connectivity index (χ1) is 15.4. The minimum atomic E-state index is -0.445. The van der Waals surface area contributed by atoms with Crippen LogP contribution in [0.4, 0.5) is 5.69 Å². The lowest BCUT2D eigenvalue weighted by molar-refractivity contribution is -0.113. The fourth-order valence-electron chi connectivity index (χ4n) is 4.07. The van der Waals surface area contributed by atoms with E-state index in [0.717, 1.165) is 42.4 Å². The van der Waals surface area contributed by atoms with Crippen molar-refractivity contribution in [2.45, 2.75) is 50.0 Å². The molecule has 3 aromatic rings. The molecule has 1 aromatic carbocycles. The number of thioether (sulfide) groups is 1. The highest BCUT2D eigenvalue weighted by Crippen LogP contribution is 2.34. The monoisotopic (exact) mass is 453 g/mol. The second-order valence-electron chi connectivity index (χ2n) is 8.16. The van der Waals surface area contributed by atoms with Crippen LogP contribution in [0.15, 0.2) is 38.9 Å². The molecule has 0 saturated heterocycles. The van der Waals surface area contributed by atoms with Crippen LogP contribution in [0.3, 0.4) is 0 Å². The van der Waals surface area contributed by atoms with Gasteiger partial charge in [0.25, 0.3) is 5.56 Å². The molecule has 0 aliphatic heterocycles. The van der Waals surface area contributed by atoms with Crippen LogP contribution in [-0.4, -0.2) is 30.8 Å². The fourth-order valence-corrected chi connectivity index (χ4v) is 4.89. The highest BCUT2D eigenvalue weighted by atomic mass is 32.2. The summed E-state index contributed by atoms with van der Waals surface area (Å²) < 4.78 is 2.44. The van der Waals surface area contributed by atoms with Crippen molar-refractivity contribution in [2.24, 2.45) is 14.1 Å². The van der Waals surface area contributed by atoms with Gasteiger partial charge in [0.2, 0.25) is 5.91 Å². The maximum absolute atomic E-state index is 12.9. The molecule has 1 aliphatic carbocycles. The first-order valence-corrected chi connectivity index (χ1v) is 11.9. The molecule has 8 nitrogen and oxygen atoms in total. The van der Waals surface area contributed by atoms with Crippen LogP contribution in [-0.2, 0) is 25.3 Å². The van der Waals surface area contributed by atoms with Crippen molar-refractivity contribution in [3.05, 3.63) is 56.5 Å². The van der Waals surface area contributed by atoms with Crippen molar-refractivity contribution in [3.8, 4) is 0 Å². The van der Waals surface area contributed by atoms with Crippen molar-refractivity contribution >= 4 is 34.4 Å². The number of fused-ring (bicyclic) bond motifs is 1. The van der Waals surface area contributed by atoms with Gasteiger partial charge in [-0.05, 0) is 37.0 Å². The molecule has 168 valence electrons. The summed E-state index contributed by atoms with van der Waals surface area (Å²) in [6.07, 6.45) is 5.14. The Labute approximate surface area is 190 Å². The van der Waals surface area contributed by atoms with Gasteiger partial charge in [-0.2, -0.15) is 0 Å². The van der Waals surface area contributed by atoms with Crippen molar-refractivity contribution in [2.75, 3.05) is 11.1 Å². The van der Waals surface area contributed by atoms with E-state index < -0.39 is 11.2 Å². The van der Waals surface area contributed by atoms with Gasteiger partial charge < -0.3 is 5.32 Å². The molecule has 1 N–H and O–H groups in total. The Morgan fingerprint density at radius 3 is 2.44 bits per heavy atom. The standard InChI is InChI=1S/C23H27N5O3S/c1-4-14-9-11-16(12-10-14)24-17(29)13-32-21-18-20(27(2)23(31)28(3)22(18)30)25-19(26-21)15-7-5-6-8-15/h9-12,15H,4-8,13H2,1-3H3,(H,24,29). The topological polar surface area (TPSA) is 98.9 Å². The molecular weight excluding hydrogens is 426 g/mol. The third kappa shape index (κ3) is 4.34. The van der Waals surface area contributed by atoms with Gasteiger partial charge in [-0.15, -0.1) is 0 Å². The molecule has 4 rings (SSSR count). The molecular formula is C23H27N5O3S. The Kier molecular flexibility index (Phi) is 6.45. The van der Waals surface area contributed by atoms with Crippen LogP contribution in [0.2, 0.25) is 0 Å². The number of rotatable bonds is 6. The predicted molar refractivity (Wildman–Crippen MR) is 126 cm³/mol. The fraction of sp³-hybridized carbons (Fsp3) is 0.435. The maximum atomic E-state index is 12.9. The summed E-state index contributed by atoms with van der Waals surface area (Å²) in [6, 6.07) is 7.73. The number of aromatic nitrogens is 4. The van der Waals surface area contributed by atoms with E-state index >= 15 is 0 Å². The number of hydrogen-bond acceptors (Lipinski definition) is 6. The van der Waals surface area contributed by atoms with Gasteiger partial charge in [-0.1, -0.05) is 43.7 Å². The van der Waals surface area contributed by atoms with E-state index in [1.165, 1.54) is 28.9 Å². The second-order valence-corrected chi connectivity index (χ2v) is 9.12. The largest absolute Gasteiger partial charge is 0.332 e. The van der Waals surface area contributed by atoms with Crippen molar-refractivity contribution in [1.82, 2.24) is 19.1 Å². The Balaban J connectivity index is 1.66. The number of carbonyl (C=O) groups excluding carboxylic acids is 1. The number of carbonyl (C=O) groups is 1. The van der Waals surface area contributed by atoms with E-state index in [0.29, 0.717) is 16.5 Å². The summed E-state index contributed by atoms with van der Waals surface area (Å²) >= 11 is 1.20. The Morgan fingerprint density at radius 1 is 1.09 bits per heavy atom. The Hall–Kier alpha value is -2.94. The van der Waals surface area contributed by atoms with Crippen LogP contribution < -0.4 is 16.6 Å². The first kappa shape index (κ1) is 22.3. The number of aryl methyl sites for hydroxylation is 2. The predicted octanol–water partition coefficient (Wildman–Crippen LogP) is 2.98. The van der Waals surface area contributed by atoms with Crippen molar-refractivity contribution < 1.29 is 4.79 Å². The van der Waals surface area contributed by atoms with Crippen LogP contribution in [0.5, 0.6) is 0 Å². The van der Waals surface area contributed by atoms with Crippen molar-refractivity contribution in [3.63, 3.8) is 0 Å². The molecule has 1 amide bonds. The molecule has 9 heteroatoms. The Morgan fingerprint density at radius 2 is 1.78 bits per heavy atom. The molecule has 0 unspecified atom stereocenters. The molecule has 0 bridgehead atoms.